The highest BCUT2D eigenvalue weighted by Gasteiger charge is 2.30. The van der Waals surface area contributed by atoms with Gasteiger partial charge >= 0.3 is 0 Å². The number of carbonyl (C=O) groups excluding carboxylic acids is 2. The summed E-state index contributed by atoms with van der Waals surface area (Å²) in [5, 5.41) is 2.13. The number of aromatic nitrogens is 1. The van der Waals surface area contributed by atoms with Crippen LogP contribution in [0.4, 0.5) is 0 Å². The monoisotopic (exact) mass is 496 g/mol. The van der Waals surface area contributed by atoms with Gasteiger partial charge in [0.2, 0.25) is 0 Å². The number of hydrazine groups is 1. The molecule has 184 valence electrons. The van der Waals surface area contributed by atoms with Gasteiger partial charge in [-0.2, -0.15) is 0 Å². The summed E-state index contributed by atoms with van der Waals surface area (Å²) in [6, 6.07) is 36.8. The number of hydrogen-bond donors (Lipinski definition) is 2. The molecule has 2 heterocycles. The maximum Gasteiger partial charge on any atom is 0.270 e. The largest absolute Gasteiger partial charge is 0.383 e. The predicted octanol–water partition coefficient (Wildman–Crippen LogP) is 5.43. The Kier molecular flexibility index (Phi) is 5.90. The number of carbonyl (C=O) groups is 2. The SMILES string of the molecule is NC1=C(c2ccccc2)C(=O)CN1NC(=O)c1cc(-c2ccc(-c3ccccc3)cc2)nc2ccccc12. The van der Waals surface area contributed by atoms with Gasteiger partial charge in [0.1, 0.15) is 12.4 Å². The second-order valence-electron chi connectivity index (χ2n) is 9.09. The number of amides is 1. The third kappa shape index (κ3) is 4.29. The van der Waals surface area contributed by atoms with E-state index in [4.69, 9.17) is 10.7 Å². The van der Waals surface area contributed by atoms with Gasteiger partial charge in [-0.1, -0.05) is 103 Å². The topological polar surface area (TPSA) is 88.3 Å². The van der Waals surface area contributed by atoms with Gasteiger partial charge in [-0.25, -0.2) is 4.98 Å². The van der Waals surface area contributed by atoms with Gasteiger partial charge in [-0.3, -0.25) is 20.0 Å². The van der Waals surface area contributed by atoms with Crippen LogP contribution < -0.4 is 11.2 Å². The average molecular weight is 497 g/mol. The summed E-state index contributed by atoms with van der Waals surface area (Å²) in [6.45, 7) is -0.0291. The number of hydrogen-bond acceptors (Lipinski definition) is 5. The molecule has 0 radical (unpaired) electrons. The van der Waals surface area contributed by atoms with Gasteiger partial charge in [-0.05, 0) is 28.8 Å². The molecule has 5 aromatic rings. The Bertz CT molecular complexity index is 1700. The Morgan fingerprint density at radius 3 is 2.03 bits per heavy atom. The van der Waals surface area contributed by atoms with Crippen LogP contribution in [0.25, 0.3) is 38.9 Å². The Hall–Kier alpha value is -5.23. The number of Topliss-reactive ketones (excluding diaryl/α,β-unsaturated/α-hetero) is 1. The molecule has 0 saturated heterocycles. The molecule has 3 N–H and O–H groups in total. The van der Waals surface area contributed by atoms with Crippen LogP contribution in [0.2, 0.25) is 0 Å². The lowest BCUT2D eigenvalue weighted by Crippen LogP contribution is -2.43. The van der Waals surface area contributed by atoms with E-state index in [2.05, 4.69) is 17.6 Å². The number of nitrogens with two attached hydrogens (primary N) is 1. The van der Waals surface area contributed by atoms with Crippen LogP contribution in [0.1, 0.15) is 15.9 Å². The van der Waals surface area contributed by atoms with E-state index in [1.165, 1.54) is 5.01 Å². The first-order valence-electron chi connectivity index (χ1n) is 12.3. The summed E-state index contributed by atoms with van der Waals surface area (Å²) in [5.41, 5.74) is 15.3. The number of nitrogens with zero attached hydrogens (tertiary/aromatic N) is 2. The Morgan fingerprint density at radius 1 is 0.737 bits per heavy atom. The van der Waals surface area contributed by atoms with Gasteiger partial charge in [0.05, 0.1) is 22.3 Å². The maximum absolute atomic E-state index is 13.6. The summed E-state index contributed by atoms with van der Waals surface area (Å²) in [7, 11) is 0. The van der Waals surface area contributed by atoms with Crippen molar-refractivity contribution in [3.8, 4) is 22.4 Å². The smallest absolute Gasteiger partial charge is 0.270 e. The minimum absolute atomic E-state index is 0.0291. The Balaban J connectivity index is 1.34. The van der Waals surface area contributed by atoms with E-state index in [1.54, 1.807) is 6.07 Å². The van der Waals surface area contributed by atoms with E-state index in [0.29, 0.717) is 27.7 Å². The lowest BCUT2D eigenvalue weighted by molar-refractivity contribution is -0.113. The minimum atomic E-state index is -0.365. The molecule has 0 aliphatic carbocycles. The second-order valence-corrected chi connectivity index (χ2v) is 9.09. The van der Waals surface area contributed by atoms with Gasteiger partial charge in [0.15, 0.2) is 5.78 Å². The van der Waals surface area contributed by atoms with Crippen molar-refractivity contribution in [3.05, 3.63) is 132 Å². The quantitative estimate of drug-likeness (QED) is 0.339. The van der Waals surface area contributed by atoms with E-state index >= 15 is 0 Å². The predicted molar refractivity (Wildman–Crippen MR) is 149 cm³/mol. The molecule has 0 spiro atoms. The van der Waals surface area contributed by atoms with Gasteiger partial charge < -0.3 is 5.73 Å². The fourth-order valence-corrected chi connectivity index (χ4v) is 4.76. The molecule has 6 nitrogen and oxygen atoms in total. The molecule has 6 rings (SSSR count). The van der Waals surface area contributed by atoms with Gasteiger partial charge in [0.25, 0.3) is 5.91 Å². The van der Waals surface area contributed by atoms with Crippen molar-refractivity contribution in [1.82, 2.24) is 15.4 Å². The first-order valence-corrected chi connectivity index (χ1v) is 12.3. The van der Waals surface area contributed by atoms with Crippen molar-refractivity contribution >= 4 is 28.2 Å². The molecule has 6 heteroatoms. The summed E-state index contributed by atoms with van der Waals surface area (Å²) in [6.07, 6.45) is 0. The first-order chi connectivity index (χ1) is 18.6. The Morgan fingerprint density at radius 2 is 1.32 bits per heavy atom. The fraction of sp³-hybridized carbons (Fsp3) is 0.0312. The number of fused-ring (bicyclic) bond motifs is 1. The van der Waals surface area contributed by atoms with E-state index in [9.17, 15) is 9.59 Å². The van der Waals surface area contributed by atoms with Crippen molar-refractivity contribution in [2.45, 2.75) is 0 Å². The van der Waals surface area contributed by atoms with Crippen LogP contribution in [0.5, 0.6) is 0 Å². The van der Waals surface area contributed by atoms with Crippen LogP contribution in [0, 0.1) is 0 Å². The van der Waals surface area contributed by atoms with Gasteiger partial charge in [0, 0.05) is 10.9 Å². The molecule has 0 unspecified atom stereocenters. The molecule has 1 amide bonds. The number of rotatable bonds is 5. The third-order valence-corrected chi connectivity index (χ3v) is 6.68. The molecule has 1 aliphatic rings. The van der Waals surface area contributed by atoms with E-state index in [-0.39, 0.29) is 24.1 Å². The van der Waals surface area contributed by atoms with Gasteiger partial charge in [-0.15, -0.1) is 0 Å². The third-order valence-electron chi connectivity index (χ3n) is 6.68. The molecule has 0 bridgehead atoms. The lowest BCUT2D eigenvalue weighted by atomic mass is 10.0. The average Bonchev–Trinajstić information content (AvgIpc) is 3.25. The minimum Gasteiger partial charge on any atom is -0.383 e. The Labute approximate surface area is 220 Å². The second kappa shape index (κ2) is 9.67. The van der Waals surface area contributed by atoms with Crippen molar-refractivity contribution < 1.29 is 9.59 Å². The molecular formula is C32H24N4O2. The highest BCUT2D eigenvalue weighted by molar-refractivity contribution is 6.24. The van der Waals surface area contributed by atoms with Crippen molar-refractivity contribution in [1.29, 1.82) is 0 Å². The first kappa shape index (κ1) is 23.2. The highest BCUT2D eigenvalue weighted by Crippen LogP contribution is 2.29. The lowest BCUT2D eigenvalue weighted by Gasteiger charge is -2.20. The summed E-state index contributed by atoms with van der Waals surface area (Å²) < 4.78 is 0. The summed E-state index contributed by atoms with van der Waals surface area (Å²) in [5.74, 6) is -0.284. The van der Waals surface area contributed by atoms with Crippen molar-refractivity contribution in [2.24, 2.45) is 5.73 Å². The maximum atomic E-state index is 13.6. The number of pyridine rings is 1. The number of para-hydroxylation sites is 1. The molecular weight excluding hydrogens is 472 g/mol. The zero-order valence-corrected chi connectivity index (χ0v) is 20.5. The molecule has 0 saturated carbocycles. The standard InChI is InChI=1S/C32H24N4O2/c33-31-30(24-11-5-2-6-12-24)29(37)20-36(31)35-32(38)26-19-28(34-27-14-8-7-13-25(26)27)23-17-15-22(16-18-23)21-9-3-1-4-10-21/h1-19H,20,33H2,(H,35,38). The van der Waals surface area contributed by atoms with Crippen molar-refractivity contribution in [3.63, 3.8) is 0 Å². The summed E-state index contributed by atoms with van der Waals surface area (Å²) in [4.78, 5) is 31.1. The molecule has 4 aromatic carbocycles. The number of nitrogens with one attached hydrogen (secondary N) is 1. The van der Waals surface area contributed by atoms with Crippen LogP contribution in [0.15, 0.2) is 121 Å². The molecule has 0 fully saturated rings. The van der Waals surface area contributed by atoms with Crippen LogP contribution in [0.3, 0.4) is 0 Å². The molecule has 1 aliphatic heterocycles. The number of benzene rings is 4. The van der Waals surface area contributed by atoms with Crippen LogP contribution in [-0.4, -0.2) is 28.2 Å². The van der Waals surface area contributed by atoms with E-state index in [1.807, 2.05) is 97.1 Å². The van der Waals surface area contributed by atoms with E-state index in [0.717, 1.165) is 22.3 Å². The van der Waals surface area contributed by atoms with Crippen molar-refractivity contribution in [2.75, 3.05) is 6.54 Å². The highest BCUT2D eigenvalue weighted by atomic mass is 16.2. The zero-order chi connectivity index (χ0) is 26.1. The fourth-order valence-electron chi connectivity index (χ4n) is 4.76. The van der Waals surface area contributed by atoms with E-state index < -0.39 is 0 Å². The summed E-state index contributed by atoms with van der Waals surface area (Å²) >= 11 is 0. The van der Waals surface area contributed by atoms with Crippen LogP contribution in [-0.2, 0) is 4.79 Å². The molecule has 38 heavy (non-hydrogen) atoms. The number of ketones is 1. The molecule has 0 atom stereocenters. The zero-order valence-electron chi connectivity index (χ0n) is 20.5. The van der Waals surface area contributed by atoms with Crippen LogP contribution >= 0.6 is 0 Å². The molecule has 1 aromatic heterocycles. The normalized spacial score (nSPS) is 13.3.